The molecule has 6 nitrogen and oxygen atoms in total. The molecule has 0 aliphatic carbocycles. The van der Waals surface area contributed by atoms with E-state index in [-0.39, 0.29) is 18.0 Å². The summed E-state index contributed by atoms with van der Waals surface area (Å²) in [5.74, 6) is -0.0149. The second-order valence-corrected chi connectivity index (χ2v) is 8.70. The van der Waals surface area contributed by atoms with Crippen molar-refractivity contribution in [3.63, 3.8) is 0 Å². The molecule has 0 radical (unpaired) electrons. The molecule has 28 heavy (non-hydrogen) atoms. The van der Waals surface area contributed by atoms with Gasteiger partial charge in [-0.05, 0) is 24.6 Å². The molecule has 2 aliphatic heterocycles. The molecule has 3 aromatic heterocycles. The average Bonchev–Trinajstić information content (AvgIpc) is 3.38. The third-order valence-electron chi connectivity index (χ3n) is 5.35. The molecule has 1 amide bonds. The fraction of sp³-hybridized carbons (Fsp3) is 0.263. The van der Waals surface area contributed by atoms with E-state index < -0.39 is 0 Å². The highest BCUT2D eigenvalue weighted by Crippen LogP contribution is 2.35. The number of aromatic nitrogens is 2. The van der Waals surface area contributed by atoms with Crippen LogP contribution >= 0.6 is 34.5 Å². The molecule has 0 fully saturated rings. The summed E-state index contributed by atoms with van der Waals surface area (Å²) in [5.41, 5.74) is 13.1. The van der Waals surface area contributed by atoms with Gasteiger partial charge in [0.25, 0.3) is 5.91 Å². The molecule has 5 rings (SSSR count). The van der Waals surface area contributed by atoms with Gasteiger partial charge in [-0.1, -0.05) is 23.2 Å². The first-order chi connectivity index (χ1) is 13.5. The Balaban J connectivity index is 1.46. The van der Waals surface area contributed by atoms with Crippen molar-refractivity contribution in [2.75, 3.05) is 6.54 Å². The van der Waals surface area contributed by atoms with Gasteiger partial charge < -0.3 is 14.7 Å². The van der Waals surface area contributed by atoms with Crippen LogP contribution in [0.4, 0.5) is 0 Å². The smallest absolute Gasteiger partial charge is 0.255 e. The first kappa shape index (κ1) is 18.0. The fourth-order valence-electron chi connectivity index (χ4n) is 3.93. The number of hydrogen-bond donors (Lipinski definition) is 2. The number of halogens is 2. The number of hydrazine groups is 1. The molecule has 2 N–H and O–H groups in total. The molecule has 2 atom stereocenters. The van der Waals surface area contributed by atoms with Crippen molar-refractivity contribution in [1.29, 1.82) is 0 Å². The minimum atomic E-state index is -0.0149. The van der Waals surface area contributed by atoms with E-state index in [0.717, 1.165) is 23.3 Å². The highest BCUT2D eigenvalue weighted by Gasteiger charge is 2.37. The summed E-state index contributed by atoms with van der Waals surface area (Å²) in [5, 5.41) is 3.09. The highest BCUT2D eigenvalue weighted by molar-refractivity contribution is 7.07. The molecule has 3 aromatic rings. The number of pyridine rings is 1. The minimum absolute atomic E-state index is 0.00888. The lowest BCUT2D eigenvalue weighted by molar-refractivity contribution is 0.0695. The highest BCUT2D eigenvalue weighted by atomic mass is 35.5. The summed E-state index contributed by atoms with van der Waals surface area (Å²) >= 11 is 13.9. The van der Waals surface area contributed by atoms with E-state index in [1.54, 1.807) is 34.2 Å². The largest absolute Gasteiger partial charge is 0.331 e. The number of carbonyl (C=O) groups is 1. The summed E-state index contributed by atoms with van der Waals surface area (Å²) in [4.78, 5) is 19.7. The topological polar surface area (TPSA) is 61.7 Å². The summed E-state index contributed by atoms with van der Waals surface area (Å²) in [7, 11) is 0. The van der Waals surface area contributed by atoms with Crippen LogP contribution in [0.15, 0.2) is 46.7 Å². The lowest BCUT2D eigenvalue weighted by atomic mass is 9.95. The number of hydrogen-bond acceptors (Lipinski definition) is 5. The van der Waals surface area contributed by atoms with Gasteiger partial charge in [-0.2, -0.15) is 0 Å². The number of amides is 1. The second-order valence-electron chi connectivity index (χ2n) is 7.13. The van der Waals surface area contributed by atoms with E-state index in [2.05, 4.69) is 22.8 Å². The van der Waals surface area contributed by atoms with E-state index in [1.807, 2.05) is 21.9 Å². The van der Waals surface area contributed by atoms with E-state index in [0.29, 0.717) is 22.2 Å². The zero-order chi connectivity index (χ0) is 19.4. The lowest BCUT2D eigenvalue weighted by Crippen LogP contribution is -2.43. The van der Waals surface area contributed by atoms with Gasteiger partial charge in [0.05, 0.1) is 38.4 Å². The van der Waals surface area contributed by atoms with Crippen LogP contribution in [0.5, 0.6) is 0 Å². The molecule has 0 aromatic carbocycles. The normalized spacial score (nSPS) is 21.9. The summed E-state index contributed by atoms with van der Waals surface area (Å²) in [6, 6.07) is 3.57. The Labute approximate surface area is 175 Å². The number of nitrogens with zero attached hydrogens (tertiary/aromatic N) is 3. The molecule has 0 bridgehead atoms. The van der Waals surface area contributed by atoms with Crippen LogP contribution in [0.25, 0.3) is 5.52 Å². The zero-order valence-corrected chi connectivity index (χ0v) is 17.3. The maximum Gasteiger partial charge on any atom is 0.255 e. The molecule has 2 aliphatic rings. The first-order valence-electron chi connectivity index (χ1n) is 8.90. The molecular weight excluding hydrogens is 417 g/mol. The molecular formula is C19H17Cl2N5OS. The Morgan fingerprint density at radius 2 is 2.18 bits per heavy atom. The maximum absolute atomic E-state index is 13.3. The molecule has 0 saturated heterocycles. The van der Waals surface area contributed by atoms with Gasteiger partial charge in [0.15, 0.2) is 0 Å². The van der Waals surface area contributed by atoms with Crippen LogP contribution in [0.3, 0.4) is 0 Å². The van der Waals surface area contributed by atoms with Gasteiger partial charge in [-0.25, -0.2) is 10.4 Å². The fourth-order valence-corrected chi connectivity index (χ4v) is 5.05. The molecule has 144 valence electrons. The zero-order valence-electron chi connectivity index (χ0n) is 14.9. The van der Waals surface area contributed by atoms with Crippen molar-refractivity contribution in [3.05, 3.63) is 68.0 Å². The number of nitrogens with one attached hydrogen (secondary N) is 2. The van der Waals surface area contributed by atoms with Crippen molar-refractivity contribution in [2.24, 2.45) is 0 Å². The quantitative estimate of drug-likeness (QED) is 0.639. The van der Waals surface area contributed by atoms with Gasteiger partial charge in [-0.3, -0.25) is 4.79 Å². The maximum atomic E-state index is 13.3. The summed E-state index contributed by atoms with van der Waals surface area (Å²) in [6.45, 7) is 2.62. The molecule has 2 unspecified atom stereocenters. The van der Waals surface area contributed by atoms with Crippen LogP contribution in [-0.2, 0) is 0 Å². The van der Waals surface area contributed by atoms with Gasteiger partial charge in [-0.15, -0.1) is 11.3 Å². The lowest BCUT2D eigenvalue weighted by Gasteiger charge is -2.34. The third-order valence-corrected chi connectivity index (χ3v) is 6.47. The number of rotatable bonds is 2. The van der Waals surface area contributed by atoms with Gasteiger partial charge >= 0.3 is 0 Å². The second kappa shape index (κ2) is 6.77. The molecule has 0 saturated carbocycles. The van der Waals surface area contributed by atoms with Crippen molar-refractivity contribution >= 4 is 46.0 Å². The Bertz CT molecular complexity index is 1110. The van der Waals surface area contributed by atoms with E-state index >= 15 is 0 Å². The minimum Gasteiger partial charge on any atom is -0.331 e. The number of carbonyl (C=O) groups excluding carboxylic acids is 1. The van der Waals surface area contributed by atoms with Gasteiger partial charge in [0.1, 0.15) is 0 Å². The van der Waals surface area contributed by atoms with Crippen molar-refractivity contribution in [3.8, 4) is 0 Å². The molecule has 5 heterocycles. The van der Waals surface area contributed by atoms with E-state index in [4.69, 9.17) is 23.2 Å². The Morgan fingerprint density at radius 3 is 2.96 bits per heavy atom. The first-order valence-corrected chi connectivity index (χ1v) is 10.6. The Morgan fingerprint density at radius 1 is 1.32 bits per heavy atom. The standard InChI is InChI=1S/C19H17Cl2N5OS/c1-10-2-15-13(18(24-23-15)16-8-28-9-22-16)7-26(10)19(27)11-3-17-14(21)4-12(20)6-25(17)5-11/h3-6,8-10,18,23-24H,2,7H2,1H3. The Hall–Kier alpha value is -2.06. The predicted molar refractivity (Wildman–Crippen MR) is 111 cm³/mol. The number of fused-ring (bicyclic) bond motifs is 1. The third kappa shape index (κ3) is 2.90. The van der Waals surface area contributed by atoms with E-state index in [1.165, 1.54) is 5.57 Å². The molecule has 0 spiro atoms. The summed E-state index contributed by atoms with van der Waals surface area (Å²) < 4.78 is 1.80. The van der Waals surface area contributed by atoms with Crippen molar-refractivity contribution in [2.45, 2.75) is 25.4 Å². The van der Waals surface area contributed by atoms with Crippen molar-refractivity contribution in [1.82, 2.24) is 25.1 Å². The van der Waals surface area contributed by atoms with Crippen molar-refractivity contribution < 1.29 is 4.79 Å². The van der Waals surface area contributed by atoms with E-state index in [9.17, 15) is 4.79 Å². The van der Waals surface area contributed by atoms with Crippen LogP contribution in [0.1, 0.15) is 35.4 Å². The monoisotopic (exact) mass is 433 g/mol. The van der Waals surface area contributed by atoms with Crippen LogP contribution in [-0.4, -0.2) is 32.8 Å². The van der Waals surface area contributed by atoms with Crippen LogP contribution in [0.2, 0.25) is 10.0 Å². The Kier molecular flexibility index (Phi) is 4.35. The average molecular weight is 434 g/mol. The predicted octanol–water partition coefficient (Wildman–Crippen LogP) is 4.04. The van der Waals surface area contributed by atoms with Crippen LogP contribution in [0, 0.1) is 0 Å². The molecule has 9 heteroatoms. The number of thiazole rings is 1. The SMILES string of the molecule is CC1CC2=C(CN1C(=O)c1cc3c(Cl)cc(Cl)cn3c1)C(c1cscn1)NN2. The summed E-state index contributed by atoms with van der Waals surface area (Å²) in [6.07, 6.45) is 4.31. The van der Waals surface area contributed by atoms with Crippen LogP contribution < -0.4 is 10.9 Å². The van der Waals surface area contributed by atoms with Gasteiger partial charge in [0, 0.05) is 42.5 Å². The van der Waals surface area contributed by atoms with Gasteiger partial charge in [0.2, 0.25) is 0 Å².